The zero-order valence-electron chi connectivity index (χ0n) is 10.6. The van der Waals surface area contributed by atoms with Gasteiger partial charge in [0, 0.05) is 11.3 Å². The highest BCUT2D eigenvalue weighted by molar-refractivity contribution is 7.91. The van der Waals surface area contributed by atoms with Gasteiger partial charge in [-0.1, -0.05) is 0 Å². The smallest absolute Gasteiger partial charge is 0.152 e. The number of aryl methyl sites for hydroxylation is 1. The molecule has 0 radical (unpaired) electrons. The SMILES string of the molecule is C[NH2+]Cc1c(C)nn([C@H]2CCS(=O)(=O)C2)c1C. The molecule has 1 aliphatic heterocycles. The van der Waals surface area contributed by atoms with Gasteiger partial charge in [-0.15, -0.1) is 0 Å². The summed E-state index contributed by atoms with van der Waals surface area (Å²) in [6, 6.07) is 0.0318. The number of nitrogens with zero attached hydrogens (tertiary/aromatic N) is 2. The van der Waals surface area contributed by atoms with Gasteiger partial charge in [-0.2, -0.15) is 5.10 Å². The molecule has 5 nitrogen and oxygen atoms in total. The van der Waals surface area contributed by atoms with Gasteiger partial charge in [0.1, 0.15) is 6.54 Å². The standard InChI is InChI=1S/C11H19N3O2S/c1-8-11(6-12-3)9(2)14(13-8)10-4-5-17(15,16)7-10/h10,12H,4-7H2,1-3H3/p+1/t10-/m0/s1. The molecule has 1 atom stereocenters. The quantitative estimate of drug-likeness (QED) is 0.798. The molecule has 0 amide bonds. The molecule has 1 aliphatic rings. The Morgan fingerprint density at radius 1 is 1.47 bits per heavy atom. The van der Waals surface area contributed by atoms with Gasteiger partial charge < -0.3 is 5.32 Å². The fourth-order valence-corrected chi connectivity index (χ4v) is 4.21. The third-order valence-electron chi connectivity index (χ3n) is 3.44. The number of rotatable bonds is 3. The monoisotopic (exact) mass is 258 g/mol. The van der Waals surface area contributed by atoms with E-state index in [1.54, 1.807) is 0 Å². The van der Waals surface area contributed by atoms with Crippen molar-refractivity contribution in [3.8, 4) is 0 Å². The zero-order valence-corrected chi connectivity index (χ0v) is 11.4. The van der Waals surface area contributed by atoms with Crippen molar-refractivity contribution in [1.82, 2.24) is 9.78 Å². The lowest BCUT2D eigenvalue weighted by atomic mass is 10.2. The van der Waals surface area contributed by atoms with Crippen molar-refractivity contribution in [2.45, 2.75) is 32.9 Å². The van der Waals surface area contributed by atoms with Crippen molar-refractivity contribution in [3.63, 3.8) is 0 Å². The van der Waals surface area contributed by atoms with Crippen LogP contribution in [-0.4, -0.2) is 36.8 Å². The van der Waals surface area contributed by atoms with E-state index >= 15 is 0 Å². The van der Waals surface area contributed by atoms with E-state index in [2.05, 4.69) is 10.4 Å². The lowest BCUT2D eigenvalue weighted by molar-refractivity contribution is -0.643. The second kappa shape index (κ2) is 4.42. The maximum atomic E-state index is 11.5. The first-order valence-corrected chi connectivity index (χ1v) is 7.79. The molecule has 0 spiro atoms. The summed E-state index contributed by atoms with van der Waals surface area (Å²) in [6.07, 6.45) is 0.694. The largest absolute Gasteiger partial charge is 0.345 e. The highest BCUT2D eigenvalue weighted by atomic mass is 32.2. The van der Waals surface area contributed by atoms with Gasteiger partial charge in [-0.05, 0) is 20.3 Å². The molecule has 17 heavy (non-hydrogen) atoms. The molecule has 0 unspecified atom stereocenters. The number of nitrogens with two attached hydrogens (primary N) is 1. The molecular weight excluding hydrogens is 238 g/mol. The molecule has 0 aromatic carbocycles. The van der Waals surface area contributed by atoms with E-state index in [4.69, 9.17) is 0 Å². The summed E-state index contributed by atoms with van der Waals surface area (Å²) in [5.41, 5.74) is 3.37. The third kappa shape index (κ3) is 2.37. The second-order valence-corrected chi connectivity index (χ2v) is 6.99. The molecule has 0 aliphatic carbocycles. The Balaban J connectivity index is 2.31. The van der Waals surface area contributed by atoms with Crippen molar-refractivity contribution < 1.29 is 13.7 Å². The molecule has 1 fully saturated rings. The van der Waals surface area contributed by atoms with E-state index in [1.165, 1.54) is 5.56 Å². The van der Waals surface area contributed by atoms with Crippen LogP contribution in [0.25, 0.3) is 0 Å². The van der Waals surface area contributed by atoms with Gasteiger partial charge in [0.15, 0.2) is 9.84 Å². The van der Waals surface area contributed by atoms with E-state index < -0.39 is 9.84 Å². The van der Waals surface area contributed by atoms with Gasteiger partial charge in [0.25, 0.3) is 0 Å². The Morgan fingerprint density at radius 3 is 2.71 bits per heavy atom. The van der Waals surface area contributed by atoms with Crippen LogP contribution in [0, 0.1) is 13.8 Å². The van der Waals surface area contributed by atoms with Crippen molar-refractivity contribution in [3.05, 3.63) is 17.0 Å². The van der Waals surface area contributed by atoms with Crippen LogP contribution < -0.4 is 5.32 Å². The van der Waals surface area contributed by atoms with E-state index in [0.717, 1.165) is 17.9 Å². The Kier molecular flexibility index (Phi) is 3.27. The first-order chi connectivity index (χ1) is 7.94. The van der Waals surface area contributed by atoms with Crippen LogP contribution in [0.1, 0.15) is 29.4 Å². The minimum atomic E-state index is -2.84. The molecule has 0 saturated carbocycles. The lowest BCUT2D eigenvalue weighted by Crippen LogP contribution is -2.77. The topological polar surface area (TPSA) is 68.6 Å². The molecule has 1 aromatic heterocycles. The average Bonchev–Trinajstić information content (AvgIpc) is 2.73. The predicted octanol–water partition coefficient (Wildman–Crippen LogP) is -0.447. The summed E-state index contributed by atoms with van der Waals surface area (Å²) in [4.78, 5) is 0. The fraction of sp³-hybridized carbons (Fsp3) is 0.727. The molecule has 0 bridgehead atoms. The Morgan fingerprint density at radius 2 is 2.18 bits per heavy atom. The summed E-state index contributed by atoms with van der Waals surface area (Å²) in [7, 11) is -0.821. The van der Waals surface area contributed by atoms with E-state index in [0.29, 0.717) is 12.2 Å². The Labute approximate surface area is 102 Å². The van der Waals surface area contributed by atoms with Crippen LogP contribution in [0.3, 0.4) is 0 Å². The summed E-state index contributed by atoms with van der Waals surface area (Å²) in [5, 5.41) is 6.61. The Hall–Kier alpha value is -0.880. The fourth-order valence-electron chi connectivity index (χ4n) is 2.52. The average molecular weight is 258 g/mol. The van der Waals surface area contributed by atoms with Gasteiger partial charge >= 0.3 is 0 Å². The van der Waals surface area contributed by atoms with Crippen LogP contribution in [0.4, 0.5) is 0 Å². The number of sulfone groups is 1. The van der Waals surface area contributed by atoms with Gasteiger partial charge in [-0.3, -0.25) is 4.68 Å². The van der Waals surface area contributed by atoms with E-state index in [9.17, 15) is 8.42 Å². The summed E-state index contributed by atoms with van der Waals surface area (Å²) >= 11 is 0. The van der Waals surface area contributed by atoms with Crippen molar-refractivity contribution in [1.29, 1.82) is 0 Å². The molecule has 2 heterocycles. The lowest BCUT2D eigenvalue weighted by Gasteiger charge is -2.11. The maximum Gasteiger partial charge on any atom is 0.152 e. The zero-order chi connectivity index (χ0) is 12.6. The van der Waals surface area contributed by atoms with Crippen molar-refractivity contribution in [2.75, 3.05) is 18.6 Å². The molecular formula is C11H20N3O2S+. The van der Waals surface area contributed by atoms with Crippen LogP contribution in [-0.2, 0) is 16.4 Å². The number of hydrogen-bond donors (Lipinski definition) is 1. The van der Waals surface area contributed by atoms with E-state index in [1.807, 2.05) is 25.6 Å². The number of aromatic nitrogens is 2. The molecule has 1 saturated heterocycles. The first kappa shape index (κ1) is 12.6. The van der Waals surface area contributed by atoms with Crippen LogP contribution >= 0.6 is 0 Å². The second-order valence-electron chi connectivity index (χ2n) is 4.76. The summed E-state index contributed by atoms with van der Waals surface area (Å²) < 4.78 is 24.9. The van der Waals surface area contributed by atoms with Crippen LogP contribution in [0.2, 0.25) is 0 Å². The first-order valence-electron chi connectivity index (χ1n) is 5.97. The molecule has 96 valence electrons. The maximum absolute atomic E-state index is 11.5. The molecule has 2 rings (SSSR count). The number of quaternary nitrogens is 1. The van der Waals surface area contributed by atoms with Crippen molar-refractivity contribution in [2.24, 2.45) is 0 Å². The minimum absolute atomic E-state index is 0.0318. The van der Waals surface area contributed by atoms with Crippen LogP contribution in [0.15, 0.2) is 0 Å². The predicted molar refractivity (Wildman–Crippen MR) is 65.6 cm³/mol. The summed E-state index contributed by atoms with van der Waals surface area (Å²) in [6.45, 7) is 4.92. The Bertz CT molecular complexity index is 519. The van der Waals surface area contributed by atoms with E-state index in [-0.39, 0.29) is 11.8 Å². The van der Waals surface area contributed by atoms with Crippen LogP contribution in [0.5, 0.6) is 0 Å². The van der Waals surface area contributed by atoms with Gasteiger partial charge in [0.05, 0.1) is 30.3 Å². The third-order valence-corrected chi connectivity index (χ3v) is 5.19. The molecule has 2 N–H and O–H groups in total. The highest BCUT2D eigenvalue weighted by Crippen LogP contribution is 2.26. The minimum Gasteiger partial charge on any atom is -0.345 e. The highest BCUT2D eigenvalue weighted by Gasteiger charge is 2.31. The van der Waals surface area contributed by atoms with Crippen molar-refractivity contribution >= 4 is 9.84 Å². The normalized spacial score (nSPS) is 23.1. The van der Waals surface area contributed by atoms with Gasteiger partial charge in [0.2, 0.25) is 0 Å². The molecule has 6 heteroatoms. The number of hydrogen-bond acceptors (Lipinski definition) is 3. The summed E-state index contributed by atoms with van der Waals surface area (Å²) in [5.74, 6) is 0.537. The molecule has 1 aromatic rings. The van der Waals surface area contributed by atoms with Gasteiger partial charge in [-0.25, -0.2) is 8.42 Å².